The normalized spacial score (nSPS) is 10.3. The van der Waals surface area contributed by atoms with E-state index in [4.69, 9.17) is 5.11 Å². The zero-order valence-electron chi connectivity index (χ0n) is 17.7. The molecule has 0 heterocycles. The second-order valence-corrected chi connectivity index (χ2v) is 7.34. The van der Waals surface area contributed by atoms with Gasteiger partial charge in [-0.1, -0.05) is 54.6 Å². The first-order valence-corrected chi connectivity index (χ1v) is 9.84. The summed E-state index contributed by atoms with van der Waals surface area (Å²) in [4.78, 5) is 51.1. The van der Waals surface area contributed by atoms with Gasteiger partial charge in [-0.05, 0) is 23.8 Å². The van der Waals surface area contributed by atoms with E-state index in [1.807, 2.05) is 0 Å². The minimum absolute atomic E-state index is 0.161. The van der Waals surface area contributed by atoms with Crippen molar-refractivity contribution in [3.8, 4) is 0 Å². The first kappa shape index (κ1) is 22.4. The number of benzene rings is 3. The highest BCUT2D eigenvalue weighted by Gasteiger charge is 2.21. The maximum Gasteiger partial charge on any atom is 0.307 e. The van der Waals surface area contributed by atoms with Crippen molar-refractivity contribution < 1.29 is 24.3 Å². The molecule has 32 heavy (non-hydrogen) atoms. The highest BCUT2D eigenvalue weighted by atomic mass is 16.4. The lowest BCUT2D eigenvalue weighted by atomic mass is 9.97. The minimum atomic E-state index is -1.03. The van der Waals surface area contributed by atoms with Crippen molar-refractivity contribution in [3.63, 3.8) is 0 Å². The van der Waals surface area contributed by atoms with Crippen LogP contribution in [0, 0.1) is 0 Å². The number of carbonyl (C=O) groups excluding carboxylic acids is 3. The maximum atomic E-state index is 13.1. The predicted molar refractivity (Wildman–Crippen MR) is 120 cm³/mol. The molecule has 0 saturated carbocycles. The van der Waals surface area contributed by atoms with Crippen LogP contribution in [0.25, 0.3) is 0 Å². The van der Waals surface area contributed by atoms with Crippen LogP contribution in [0.1, 0.15) is 42.2 Å². The number of ketones is 1. The van der Waals surface area contributed by atoms with Gasteiger partial charge in [0.2, 0.25) is 0 Å². The predicted octanol–water partition coefficient (Wildman–Crippen LogP) is 3.50. The van der Waals surface area contributed by atoms with Crippen LogP contribution in [-0.4, -0.2) is 47.7 Å². The molecular weight excluding hydrogens is 408 g/mol. The van der Waals surface area contributed by atoms with E-state index in [9.17, 15) is 19.2 Å². The van der Waals surface area contributed by atoms with Gasteiger partial charge in [-0.3, -0.25) is 19.2 Å². The molecule has 0 unspecified atom stereocenters. The smallest absolute Gasteiger partial charge is 0.307 e. The number of amides is 2. The zero-order chi connectivity index (χ0) is 23.3. The average Bonchev–Trinajstić information content (AvgIpc) is 2.79. The molecule has 0 spiro atoms. The fraction of sp³-hybridized carbons (Fsp3) is 0.120. The van der Waals surface area contributed by atoms with Crippen LogP contribution in [0.5, 0.6) is 0 Å². The molecule has 162 valence electrons. The van der Waals surface area contributed by atoms with Gasteiger partial charge in [-0.15, -0.1) is 0 Å². The van der Waals surface area contributed by atoms with Crippen molar-refractivity contribution in [2.45, 2.75) is 6.42 Å². The highest BCUT2D eigenvalue weighted by Crippen LogP contribution is 2.22. The van der Waals surface area contributed by atoms with Crippen LogP contribution < -0.4 is 5.32 Å². The maximum absolute atomic E-state index is 13.1. The van der Waals surface area contributed by atoms with Crippen LogP contribution in [0.15, 0.2) is 72.8 Å². The summed E-state index contributed by atoms with van der Waals surface area (Å²) in [5, 5.41) is 11.8. The van der Waals surface area contributed by atoms with Crippen molar-refractivity contribution in [2.24, 2.45) is 0 Å². The molecule has 0 fully saturated rings. The van der Waals surface area contributed by atoms with Crippen LogP contribution in [0.3, 0.4) is 0 Å². The van der Waals surface area contributed by atoms with Gasteiger partial charge >= 0.3 is 5.97 Å². The lowest BCUT2D eigenvalue weighted by Crippen LogP contribution is -2.25. The Morgan fingerprint density at radius 1 is 0.812 bits per heavy atom. The van der Waals surface area contributed by atoms with Crippen molar-refractivity contribution in [1.29, 1.82) is 0 Å². The molecule has 0 aliphatic rings. The van der Waals surface area contributed by atoms with Crippen molar-refractivity contribution in [3.05, 3.63) is 101 Å². The Hall–Kier alpha value is -4.26. The Balaban J connectivity index is 1.96. The summed E-state index contributed by atoms with van der Waals surface area (Å²) in [7, 11) is 3.12. The number of nitrogens with zero attached hydrogens (tertiary/aromatic N) is 1. The zero-order valence-corrected chi connectivity index (χ0v) is 17.7. The molecule has 3 aromatic carbocycles. The lowest BCUT2D eigenvalue weighted by Gasteiger charge is -2.16. The van der Waals surface area contributed by atoms with Gasteiger partial charge in [-0.2, -0.15) is 0 Å². The number of carboxylic acid groups (broad SMARTS) is 1. The topological polar surface area (TPSA) is 104 Å². The molecule has 2 N–H and O–H groups in total. The largest absolute Gasteiger partial charge is 0.481 e. The summed E-state index contributed by atoms with van der Waals surface area (Å²) < 4.78 is 0. The van der Waals surface area contributed by atoms with Gasteiger partial charge in [0.05, 0.1) is 23.2 Å². The summed E-state index contributed by atoms with van der Waals surface area (Å²) in [5.74, 6) is -2.26. The SMILES string of the molecule is CN(C)C(=O)c1cc(CC(=O)O)ccc1NC(=O)c1ccccc1C(=O)c1ccccc1. The van der Waals surface area contributed by atoms with E-state index in [0.29, 0.717) is 11.1 Å². The van der Waals surface area contributed by atoms with Gasteiger partial charge in [0.15, 0.2) is 5.78 Å². The van der Waals surface area contributed by atoms with E-state index in [-0.39, 0.29) is 40.5 Å². The Morgan fingerprint density at radius 2 is 1.44 bits per heavy atom. The molecule has 3 rings (SSSR count). The summed E-state index contributed by atoms with van der Waals surface area (Å²) in [6.07, 6.45) is -0.254. The third kappa shape index (κ3) is 5.07. The Morgan fingerprint density at radius 3 is 2.06 bits per heavy atom. The molecule has 0 aromatic heterocycles. The summed E-state index contributed by atoms with van der Waals surface area (Å²) >= 11 is 0. The first-order valence-electron chi connectivity index (χ1n) is 9.84. The quantitative estimate of drug-likeness (QED) is 0.559. The highest BCUT2D eigenvalue weighted by molar-refractivity contribution is 6.18. The van der Waals surface area contributed by atoms with Crippen LogP contribution >= 0.6 is 0 Å². The molecule has 3 aromatic rings. The first-order chi connectivity index (χ1) is 15.3. The molecule has 7 nitrogen and oxygen atoms in total. The van der Waals surface area contributed by atoms with Gasteiger partial charge in [0.25, 0.3) is 11.8 Å². The summed E-state index contributed by atoms with van der Waals surface area (Å²) in [6, 6.07) is 19.6. The monoisotopic (exact) mass is 430 g/mol. The Bertz CT molecular complexity index is 1190. The van der Waals surface area contributed by atoms with E-state index in [1.165, 1.54) is 29.2 Å². The van der Waals surface area contributed by atoms with E-state index >= 15 is 0 Å². The fourth-order valence-corrected chi connectivity index (χ4v) is 3.22. The van der Waals surface area contributed by atoms with Crippen LogP contribution in [-0.2, 0) is 11.2 Å². The third-order valence-electron chi connectivity index (χ3n) is 4.78. The number of carboxylic acids is 1. The molecule has 0 bridgehead atoms. The molecule has 2 amide bonds. The van der Waals surface area contributed by atoms with E-state index in [2.05, 4.69) is 5.32 Å². The number of aliphatic carboxylic acids is 1. The van der Waals surface area contributed by atoms with Crippen molar-refractivity contribution in [2.75, 3.05) is 19.4 Å². The van der Waals surface area contributed by atoms with E-state index < -0.39 is 11.9 Å². The van der Waals surface area contributed by atoms with Gasteiger partial charge in [0, 0.05) is 25.2 Å². The number of carbonyl (C=O) groups is 4. The van der Waals surface area contributed by atoms with Crippen molar-refractivity contribution in [1.82, 2.24) is 4.90 Å². The molecule has 0 saturated heterocycles. The lowest BCUT2D eigenvalue weighted by molar-refractivity contribution is -0.136. The number of nitrogens with one attached hydrogen (secondary N) is 1. The Kier molecular flexibility index (Phi) is 6.80. The van der Waals surface area contributed by atoms with Crippen molar-refractivity contribution >= 4 is 29.3 Å². The third-order valence-corrected chi connectivity index (χ3v) is 4.78. The summed E-state index contributed by atoms with van der Waals surface area (Å²) in [6.45, 7) is 0. The number of hydrogen-bond donors (Lipinski definition) is 2. The number of anilines is 1. The minimum Gasteiger partial charge on any atom is -0.481 e. The molecule has 0 aliphatic heterocycles. The van der Waals surface area contributed by atoms with Crippen LogP contribution in [0.4, 0.5) is 5.69 Å². The van der Waals surface area contributed by atoms with Gasteiger partial charge in [0.1, 0.15) is 0 Å². The average molecular weight is 430 g/mol. The summed E-state index contributed by atoms with van der Waals surface area (Å²) in [5.41, 5.74) is 1.67. The number of hydrogen-bond acceptors (Lipinski definition) is 4. The molecular formula is C25H22N2O5. The molecule has 0 atom stereocenters. The van der Waals surface area contributed by atoms with Crippen LogP contribution in [0.2, 0.25) is 0 Å². The van der Waals surface area contributed by atoms with E-state index in [1.54, 1.807) is 62.6 Å². The van der Waals surface area contributed by atoms with Gasteiger partial charge < -0.3 is 15.3 Å². The molecule has 0 radical (unpaired) electrons. The molecule has 0 aliphatic carbocycles. The van der Waals surface area contributed by atoms with E-state index in [0.717, 1.165) is 0 Å². The second kappa shape index (κ2) is 9.70. The second-order valence-electron chi connectivity index (χ2n) is 7.34. The standard InChI is InChI=1S/C25H22N2O5/c1-27(2)25(32)20-14-16(15-22(28)29)12-13-21(20)26-24(31)19-11-7-6-10-18(19)23(30)17-8-4-3-5-9-17/h3-14H,15H2,1-2H3,(H,26,31)(H,28,29). The van der Waals surface area contributed by atoms with Gasteiger partial charge in [-0.25, -0.2) is 0 Å². The Labute approximate surface area is 185 Å². The fourth-order valence-electron chi connectivity index (χ4n) is 3.22. The number of rotatable bonds is 7. The molecule has 7 heteroatoms.